The lowest BCUT2D eigenvalue weighted by atomic mass is 9.81. The van der Waals surface area contributed by atoms with Crippen LogP contribution in [-0.2, 0) is 14.8 Å². The standard InChI is InChI=1S/C17H25N3O3S/c21-24(22,15-5-6-15)20-9-3-7-17(13-20)12-19(10-11-23-14-17)16-4-1-2-8-18-16/h1-2,4,8,15H,3,5-7,9-14H2/t17-/m0/s1. The zero-order chi connectivity index (χ0) is 16.6. The zero-order valence-electron chi connectivity index (χ0n) is 13.9. The highest BCUT2D eigenvalue weighted by atomic mass is 32.2. The van der Waals surface area contributed by atoms with E-state index in [-0.39, 0.29) is 10.7 Å². The summed E-state index contributed by atoms with van der Waals surface area (Å²) in [7, 11) is -3.11. The molecule has 4 rings (SSSR count). The van der Waals surface area contributed by atoms with Gasteiger partial charge in [-0.1, -0.05) is 6.07 Å². The Morgan fingerprint density at radius 2 is 2.08 bits per heavy atom. The van der Waals surface area contributed by atoms with Crippen LogP contribution in [0, 0.1) is 5.41 Å². The Morgan fingerprint density at radius 3 is 2.83 bits per heavy atom. The van der Waals surface area contributed by atoms with Crippen molar-refractivity contribution in [2.24, 2.45) is 5.41 Å². The molecule has 1 aliphatic carbocycles. The van der Waals surface area contributed by atoms with E-state index in [1.807, 2.05) is 18.2 Å². The fraction of sp³-hybridized carbons (Fsp3) is 0.706. The summed E-state index contributed by atoms with van der Waals surface area (Å²) in [6.07, 6.45) is 5.36. The van der Waals surface area contributed by atoms with Crippen molar-refractivity contribution in [2.75, 3.05) is 44.3 Å². The number of hydrogen-bond acceptors (Lipinski definition) is 5. The van der Waals surface area contributed by atoms with Gasteiger partial charge < -0.3 is 9.64 Å². The SMILES string of the molecule is O=S(=O)(C1CC1)N1CCC[C@@]2(COCCN(c3ccccn3)C2)C1. The van der Waals surface area contributed by atoms with Crippen LogP contribution in [0.2, 0.25) is 0 Å². The third-order valence-electron chi connectivity index (χ3n) is 5.35. The quantitative estimate of drug-likeness (QED) is 0.826. The molecule has 3 fully saturated rings. The molecule has 0 radical (unpaired) electrons. The van der Waals surface area contributed by atoms with Crippen LogP contribution in [0.5, 0.6) is 0 Å². The average Bonchev–Trinajstić information content (AvgIpc) is 3.44. The molecule has 24 heavy (non-hydrogen) atoms. The first-order valence-corrected chi connectivity index (χ1v) is 10.3. The van der Waals surface area contributed by atoms with Crippen LogP contribution >= 0.6 is 0 Å². The molecule has 7 heteroatoms. The van der Waals surface area contributed by atoms with Crippen molar-refractivity contribution in [3.63, 3.8) is 0 Å². The second-order valence-corrected chi connectivity index (χ2v) is 9.56. The van der Waals surface area contributed by atoms with E-state index in [1.54, 1.807) is 10.5 Å². The minimum atomic E-state index is -3.11. The smallest absolute Gasteiger partial charge is 0.217 e. The number of nitrogens with zero attached hydrogens (tertiary/aromatic N) is 3. The predicted molar refractivity (Wildman–Crippen MR) is 92.5 cm³/mol. The molecule has 1 spiro atoms. The molecule has 3 heterocycles. The van der Waals surface area contributed by atoms with Crippen molar-refractivity contribution in [3.8, 4) is 0 Å². The Hall–Kier alpha value is -1.18. The summed E-state index contributed by atoms with van der Waals surface area (Å²) >= 11 is 0. The lowest BCUT2D eigenvalue weighted by Gasteiger charge is -2.43. The summed E-state index contributed by atoms with van der Waals surface area (Å²) in [5.41, 5.74) is -0.131. The molecule has 1 atom stereocenters. The Bertz CT molecular complexity index is 678. The number of anilines is 1. The molecular weight excluding hydrogens is 326 g/mol. The minimum Gasteiger partial charge on any atom is -0.379 e. The highest BCUT2D eigenvalue weighted by Crippen LogP contribution is 2.38. The molecule has 6 nitrogen and oxygen atoms in total. The van der Waals surface area contributed by atoms with Crippen molar-refractivity contribution >= 4 is 15.8 Å². The molecule has 0 amide bonds. The third-order valence-corrected chi connectivity index (χ3v) is 7.69. The molecule has 1 aromatic heterocycles. The first-order valence-electron chi connectivity index (χ1n) is 8.82. The number of pyridine rings is 1. The van der Waals surface area contributed by atoms with Crippen LogP contribution in [0.25, 0.3) is 0 Å². The van der Waals surface area contributed by atoms with E-state index in [1.165, 1.54) is 0 Å². The van der Waals surface area contributed by atoms with Crippen LogP contribution in [0.3, 0.4) is 0 Å². The maximum atomic E-state index is 12.7. The van der Waals surface area contributed by atoms with E-state index in [4.69, 9.17) is 4.74 Å². The summed E-state index contributed by atoms with van der Waals surface area (Å²) in [6.45, 7) is 4.13. The Labute approximate surface area is 143 Å². The van der Waals surface area contributed by atoms with E-state index in [0.29, 0.717) is 26.3 Å². The first kappa shape index (κ1) is 16.3. The summed E-state index contributed by atoms with van der Waals surface area (Å²) in [4.78, 5) is 6.72. The molecule has 0 bridgehead atoms. The molecule has 3 aliphatic rings. The Morgan fingerprint density at radius 1 is 1.21 bits per heavy atom. The predicted octanol–water partition coefficient (Wildman–Crippen LogP) is 1.49. The van der Waals surface area contributed by atoms with Gasteiger partial charge in [-0.3, -0.25) is 0 Å². The second kappa shape index (κ2) is 6.28. The van der Waals surface area contributed by atoms with E-state index >= 15 is 0 Å². The molecule has 2 saturated heterocycles. The molecule has 1 saturated carbocycles. The van der Waals surface area contributed by atoms with Gasteiger partial charge in [-0.05, 0) is 37.8 Å². The lowest BCUT2D eigenvalue weighted by molar-refractivity contribution is 0.0350. The molecule has 0 aromatic carbocycles. The van der Waals surface area contributed by atoms with Crippen molar-refractivity contribution in [1.29, 1.82) is 0 Å². The number of piperidine rings is 1. The van der Waals surface area contributed by atoms with Crippen molar-refractivity contribution in [3.05, 3.63) is 24.4 Å². The highest BCUT2D eigenvalue weighted by Gasteiger charge is 2.46. The van der Waals surface area contributed by atoms with Gasteiger partial charge in [0.15, 0.2) is 0 Å². The molecule has 0 N–H and O–H groups in total. The summed E-state index contributed by atoms with van der Waals surface area (Å²) in [6, 6.07) is 5.92. The van der Waals surface area contributed by atoms with Crippen molar-refractivity contribution < 1.29 is 13.2 Å². The second-order valence-electron chi connectivity index (χ2n) is 7.34. The van der Waals surface area contributed by atoms with Gasteiger partial charge in [-0.25, -0.2) is 17.7 Å². The van der Waals surface area contributed by atoms with Gasteiger partial charge in [0.2, 0.25) is 10.0 Å². The maximum Gasteiger partial charge on any atom is 0.217 e. The number of aromatic nitrogens is 1. The van der Waals surface area contributed by atoms with E-state index in [2.05, 4.69) is 9.88 Å². The largest absolute Gasteiger partial charge is 0.379 e. The van der Waals surface area contributed by atoms with Gasteiger partial charge >= 0.3 is 0 Å². The number of sulfonamides is 1. The maximum absolute atomic E-state index is 12.7. The topological polar surface area (TPSA) is 62.7 Å². The van der Waals surface area contributed by atoms with Crippen LogP contribution < -0.4 is 4.90 Å². The van der Waals surface area contributed by atoms with Gasteiger partial charge in [0, 0.05) is 37.8 Å². The van der Waals surface area contributed by atoms with Crippen LogP contribution in [0.4, 0.5) is 5.82 Å². The van der Waals surface area contributed by atoms with E-state index < -0.39 is 10.0 Å². The summed E-state index contributed by atoms with van der Waals surface area (Å²) in [5.74, 6) is 0.949. The molecule has 2 aliphatic heterocycles. The number of rotatable bonds is 3. The third kappa shape index (κ3) is 3.17. The van der Waals surface area contributed by atoms with Crippen LogP contribution in [0.1, 0.15) is 25.7 Å². The number of hydrogen-bond donors (Lipinski definition) is 0. The molecule has 0 unspecified atom stereocenters. The van der Waals surface area contributed by atoms with E-state index in [9.17, 15) is 8.42 Å². The fourth-order valence-electron chi connectivity index (χ4n) is 3.93. The summed E-state index contributed by atoms with van der Waals surface area (Å²) < 4.78 is 33.0. The highest BCUT2D eigenvalue weighted by molar-refractivity contribution is 7.90. The average molecular weight is 351 g/mol. The van der Waals surface area contributed by atoms with Gasteiger partial charge in [0.1, 0.15) is 5.82 Å². The van der Waals surface area contributed by atoms with Gasteiger partial charge in [0.25, 0.3) is 0 Å². The van der Waals surface area contributed by atoms with Crippen molar-refractivity contribution in [2.45, 2.75) is 30.9 Å². The Balaban J connectivity index is 1.56. The molecule has 1 aromatic rings. The normalized spacial score (nSPS) is 29.6. The van der Waals surface area contributed by atoms with Gasteiger partial charge in [-0.2, -0.15) is 0 Å². The summed E-state index contributed by atoms with van der Waals surface area (Å²) in [5, 5.41) is -0.133. The van der Waals surface area contributed by atoms with Gasteiger partial charge in [0.05, 0.1) is 18.5 Å². The van der Waals surface area contributed by atoms with Gasteiger partial charge in [-0.15, -0.1) is 0 Å². The van der Waals surface area contributed by atoms with Crippen LogP contribution in [-0.4, -0.2) is 62.3 Å². The van der Waals surface area contributed by atoms with Crippen LogP contribution in [0.15, 0.2) is 24.4 Å². The Kier molecular flexibility index (Phi) is 4.26. The van der Waals surface area contributed by atoms with Crippen molar-refractivity contribution in [1.82, 2.24) is 9.29 Å². The van der Waals surface area contributed by atoms with E-state index in [0.717, 1.165) is 44.6 Å². The number of ether oxygens (including phenoxy) is 1. The monoisotopic (exact) mass is 351 g/mol. The minimum absolute atomic E-state index is 0.131. The first-order chi connectivity index (χ1) is 11.6. The zero-order valence-corrected chi connectivity index (χ0v) is 14.7. The molecular formula is C17H25N3O3S. The molecule has 132 valence electrons. The fourth-order valence-corrected chi connectivity index (χ4v) is 5.92. The lowest BCUT2D eigenvalue weighted by Crippen LogP contribution is -2.52.